The van der Waals surface area contributed by atoms with Gasteiger partial charge in [-0.2, -0.15) is 13.2 Å². The topological polar surface area (TPSA) is 77.2 Å². The van der Waals surface area contributed by atoms with Crippen molar-refractivity contribution in [1.29, 1.82) is 0 Å². The fourth-order valence-electron chi connectivity index (χ4n) is 2.93. The molecule has 29 heavy (non-hydrogen) atoms. The predicted molar refractivity (Wildman–Crippen MR) is 95.2 cm³/mol. The first-order chi connectivity index (χ1) is 13.7. The zero-order valence-corrected chi connectivity index (χ0v) is 15.6. The number of hydrogen-bond acceptors (Lipinski definition) is 5. The summed E-state index contributed by atoms with van der Waals surface area (Å²) in [6.45, 7) is 0. The summed E-state index contributed by atoms with van der Waals surface area (Å²) in [6, 6.07) is 14.4. The molecule has 9 heteroatoms. The van der Waals surface area contributed by atoms with Crippen LogP contribution >= 0.6 is 0 Å². The number of benzene rings is 2. The van der Waals surface area contributed by atoms with Crippen molar-refractivity contribution in [2.45, 2.75) is 34.7 Å². The molecule has 5 rings (SSSR count). The van der Waals surface area contributed by atoms with E-state index in [0.717, 1.165) is 0 Å². The van der Waals surface area contributed by atoms with Gasteiger partial charge in [0.25, 0.3) is 0 Å². The third-order valence-electron chi connectivity index (χ3n) is 4.59. The normalized spacial score (nSPS) is 16.4. The highest BCUT2D eigenvalue weighted by Gasteiger charge is 2.46. The van der Waals surface area contributed by atoms with Crippen LogP contribution in [0, 0.1) is 0 Å². The van der Waals surface area contributed by atoms with Gasteiger partial charge in [-0.25, -0.2) is 8.42 Å². The smallest absolute Gasteiger partial charge is 0.360 e. The number of ketones is 1. The molecule has 1 aliphatic carbocycles. The molecule has 2 heterocycles. The van der Waals surface area contributed by atoms with Gasteiger partial charge in [0.1, 0.15) is 5.56 Å². The summed E-state index contributed by atoms with van der Waals surface area (Å²) in [7, 11) is -2.88. The van der Waals surface area contributed by atoms with Gasteiger partial charge in [0, 0.05) is 11.5 Å². The van der Waals surface area contributed by atoms with Crippen LogP contribution in [0.5, 0.6) is 0 Å². The first-order valence-electron chi connectivity index (χ1n) is 8.72. The van der Waals surface area contributed by atoms with Gasteiger partial charge in [-0.1, -0.05) is 47.6 Å². The van der Waals surface area contributed by atoms with Crippen LogP contribution in [-0.4, -0.2) is 19.4 Å². The second-order valence-corrected chi connectivity index (χ2v) is 8.57. The van der Waals surface area contributed by atoms with E-state index in [1.54, 1.807) is 42.5 Å². The van der Waals surface area contributed by atoms with Crippen LogP contribution in [0.4, 0.5) is 13.2 Å². The number of fused-ring (bicyclic) bond motifs is 1. The Morgan fingerprint density at radius 3 is 2.00 bits per heavy atom. The molecule has 1 aliphatic heterocycles. The second-order valence-electron chi connectivity index (χ2n) is 6.69. The summed E-state index contributed by atoms with van der Waals surface area (Å²) < 4.78 is 65.7. The van der Waals surface area contributed by atoms with E-state index in [2.05, 4.69) is 5.16 Å². The van der Waals surface area contributed by atoms with Gasteiger partial charge in [-0.15, -0.1) is 0 Å². The Morgan fingerprint density at radius 1 is 0.966 bits per heavy atom. The molecule has 0 spiro atoms. The molecule has 1 saturated carbocycles. The lowest BCUT2D eigenvalue weighted by atomic mass is 10.0. The molecule has 0 unspecified atom stereocenters. The minimum Gasteiger partial charge on any atom is -0.360 e. The van der Waals surface area contributed by atoms with Gasteiger partial charge in [0.15, 0.2) is 11.5 Å². The third kappa shape index (κ3) is 3.69. The van der Waals surface area contributed by atoms with Gasteiger partial charge >= 0.3 is 6.18 Å². The Morgan fingerprint density at radius 2 is 1.52 bits per heavy atom. The summed E-state index contributed by atoms with van der Waals surface area (Å²) in [6.07, 6.45) is -3.37. The molecule has 0 N–H and O–H groups in total. The molecule has 3 aromatic rings. The number of halogens is 3. The maximum Gasteiger partial charge on any atom is 0.422 e. The largest absolute Gasteiger partial charge is 0.422 e. The fourth-order valence-corrected chi connectivity index (χ4v) is 4.24. The van der Waals surface area contributed by atoms with E-state index in [-0.39, 0.29) is 17.2 Å². The van der Waals surface area contributed by atoms with Crippen LogP contribution < -0.4 is 0 Å². The van der Waals surface area contributed by atoms with Crippen molar-refractivity contribution in [3.05, 3.63) is 77.2 Å². The summed E-state index contributed by atoms with van der Waals surface area (Å²) in [5.74, 6) is -1.25. The number of sulfone groups is 1. The van der Waals surface area contributed by atoms with E-state index in [9.17, 15) is 26.4 Å². The minimum atomic E-state index is -4.64. The second kappa shape index (κ2) is 6.84. The van der Waals surface area contributed by atoms with Gasteiger partial charge in [0.05, 0.1) is 9.79 Å². The third-order valence-corrected chi connectivity index (χ3v) is 6.25. The van der Waals surface area contributed by atoms with Crippen molar-refractivity contribution in [2.24, 2.45) is 0 Å². The highest BCUT2D eigenvalue weighted by atomic mass is 32.2. The van der Waals surface area contributed by atoms with E-state index < -0.39 is 33.1 Å². The minimum absolute atomic E-state index is 0.161. The Kier molecular flexibility index (Phi) is 4.57. The van der Waals surface area contributed by atoms with Gasteiger partial charge in [-0.3, -0.25) is 4.79 Å². The Labute approximate surface area is 164 Å². The number of nitrogens with zero attached hydrogens (tertiary/aromatic N) is 1. The standard InChI is InChI=1S/C14H10F3NO2.C6H4O2S/c15-14(16,17)10-11(18-20-13(10)9-6-7-9)12(19)8-4-2-1-3-5-8;7-9(8)5-3-1-2-4-6(5)9/h1-5,9H,6-7H2;1-4H. The lowest BCUT2D eigenvalue weighted by Gasteiger charge is -2.07. The molecule has 150 valence electrons. The first kappa shape index (κ1) is 19.4. The Hall–Kier alpha value is -2.94. The maximum absolute atomic E-state index is 13.2. The quantitative estimate of drug-likeness (QED) is 0.356. The van der Waals surface area contributed by atoms with E-state index >= 15 is 0 Å². The van der Waals surface area contributed by atoms with Crippen LogP contribution in [0.1, 0.15) is 46.1 Å². The van der Waals surface area contributed by atoms with Gasteiger partial charge < -0.3 is 4.52 Å². The van der Waals surface area contributed by atoms with Crippen LogP contribution in [0.25, 0.3) is 0 Å². The van der Waals surface area contributed by atoms with E-state index in [1.807, 2.05) is 0 Å². The fraction of sp³-hybridized carbons (Fsp3) is 0.200. The van der Waals surface area contributed by atoms with Crippen molar-refractivity contribution in [2.75, 3.05) is 0 Å². The maximum atomic E-state index is 13.2. The molecule has 0 bridgehead atoms. The summed E-state index contributed by atoms with van der Waals surface area (Å²) >= 11 is 0. The van der Waals surface area contributed by atoms with Gasteiger partial charge in [-0.05, 0) is 25.0 Å². The number of alkyl halides is 3. The molecule has 1 fully saturated rings. The zero-order chi connectivity index (χ0) is 20.8. The molecule has 2 aliphatic rings. The highest BCUT2D eigenvalue weighted by molar-refractivity contribution is 7.97. The number of carbonyl (C=O) groups excluding carboxylic acids is 1. The monoisotopic (exact) mass is 421 g/mol. The molecule has 2 aromatic carbocycles. The van der Waals surface area contributed by atoms with Crippen molar-refractivity contribution in [3.8, 4) is 0 Å². The summed E-state index contributed by atoms with van der Waals surface area (Å²) in [5.41, 5.74) is -1.51. The van der Waals surface area contributed by atoms with Crippen LogP contribution in [0.15, 0.2) is 68.9 Å². The SMILES string of the molecule is O=C(c1ccccc1)c1noc(C2CC2)c1C(F)(F)F.O=S1(=O)c2ccccc21. The lowest BCUT2D eigenvalue weighted by Crippen LogP contribution is -2.14. The predicted octanol–water partition coefficient (Wildman–Crippen LogP) is 4.63. The number of aromatic nitrogens is 1. The van der Waals surface area contributed by atoms with E-state index in [1.165, 1.54) is 12.1 Å². The average Bonchev–Trinajstić information content (AvgIpc) is 3.58. The highest BCUT2D eigenvalue weighted by Crippen LogP contribution is 2.47. The van der Waals surface area contributed by atoms with Gasteiger partial charge in [0.2, 0.25) is 15.6 Å². The first-order valence-corrected chi connectivity index (χ1v) is 10.2. The molecule has 1 aromatic heterocycles. The summed E-state index contributed by atoms with van der Waals surface area (Å²) in [4.78, 5) is 13.1. The van der Waals surface area contributed by atoms with Crippen LogP contribution in [-0.2, 0) is 16.0 Å². The van der Waals surface area contributed by atoms with Crippen molar-refractivity contribution in [3.63, 3.8) is 0 Å². The zero-order valence-electron chi connectivity index (χ0n) is 14.8. The molecule has 0 amide bonds. The molecule has 0 saturated heterocycles. The van der Waals surface area contributed by atoms with Crippen molar-refractivity contribution < 1.29 is 30.9 Å². The van der Waals surface area contributed by atoms with E-state index in [0.29, 0.717) is 22.6 Å². The van der Waals surface area contributed by atoms with Crippen LogP contribution in [0.2, 0.25) is 0 Å². The number of carbonyl (C=O) groups is 1. The average molecular weight is 421 g/mol. The number of rotatable bonds is 3. The molecule has 5 nitrogen and oxygen atoms in total. The molecule has 0 radical (unpaired) electrons. The number of hydrogen-bond donors (Lipinski definition) is 0. The van der Waals surface area contributed by atoms with E-state index in [4.69, 9.17) is 4.52 Å². The Balaban J connectivity index is 0.000000188. The Bertz CT molecular complexity index is 1150. The summed E-state index contributed by atoms with van der Waals surface area (Å²) in [5, 5.41) is 3.38. The lowest BCUT2D eigenvalue weighted by molar-refractivity contribution is -0.139. The molecular formula is C20H14F3NO4S. The molecule has 0 atom stereocenters. The molecular weight excluding hydrogens is 407 g/mol. The van der Waals surface area contributed by atoms with Crippen molar-refractivity contribution >= 4 is 15.6 Å². The van der Waals surface area contributed by atoms with Crippen LogP contribution in [0.3, 0.4) is 0 Å². The van der Waals surface area contributed by atoms with Crippen molar-refractivity contribution in [1.82, 2.24) is 5.16 Å².